The maximum atomic E-state index is 12.1. The van der Waals surface area contributed by atoms with Gasteiger partial charge in [0.1, 0.15) is 11.6 Å². The number of amides is 1. The van der Waals surface area contributed by atoms with Gasteiger partial charge in [0.25, 0.3) is 5.91 Å². The highest BCUT2D eigenvalue weighted by atomic mass is 16.3. The number of nitrogens with zero attached hydrogens (tertiary/aromatic N) is 3. The van der Waals surface area contributed by atoms with Crippen LogP contribution in [0, 0.1) is 6.92 Å². The van der Waals surface area contributed by atoms with Gasteiger partial charge in [-0.3, -0.25) is 4.79 Å². The van der Waals surface area contributed by atoms with Crippen LogP contribution < -0.4 is 10.2 Å². The maximum Gasteiger partial charge on any atom is 0.273 e. The third-order valence-electron chi connectivity index (χ3n) is 4.07. The van der Waals surface area contributed by atoms with Crippen molar-refractivity contribution in [2.75, 3.05) is 24.5 Å². The van der Waals surface area contributed by atoms with Gasteiger partial charge in [-0.05, 0) is 31.9 Å². The van der Waals surface area contributed by atoms with Gasteiger partial charge < -0.3 is 19.7 Å². The van der Waals surface area contributed by atoms with Crippen LogP contribution in [0.3, 0.4) is 0 Å². The summed E-state index contributed by atoms with van der Waals surface area (Å²) in [5, 5.41) is 13.5. The number of aromatic nitrogens is 2. The van der Waals surface area contributed by atoms with Gasteiger partial charge in [-0.25, -0.2) is 9.97 Å². The van der Waals surface area contributed by atoms with Crippen molar-refractivity contribution in [2.45, 2.75) is 25.4 Å². The number of carbonyl (C=O) groups is 1. The lowest BCUT2D eigenvalue weighted by atomic mass is 9.92. The number of hydrogen-bond acceptors (Lipinski definition) is 6. The Morgan fingerprint density at radius 3 is 3.04 bits per heavy atom. The van der Waals surface area contributed by atoms with E-state index in [2.05, 4.69) is 15.3 Å². The van der Waals surface area contributed by atoms with Crippen molar-refractivity contribution in [3.8, 4) is 0 Å². The molecule has 7 nitrogen and oxygen atoms in total. The van der Waals surface area contributed by atoms with E-state index in [1.54, 1.807) is 13.1 Å². The molecule has 0 spiro atoms. The SMILES string of the molecule is Cc1ocnc1C(=O)NCC1(O)CCCN(c2ccccn2)C1. The van der Waals surface area contributed by atoms with E-state index >= 15 is 0 Å². The number of oxazole rings is 1. The van der Waals surface area contributed by atoms with Crippen molar-refractivity contribution in [1.29, 1.82) is 0 Å². The number of β-amino-alcohol motifs (C(OH)–C–C–N with tert-alkyl or cyclic N) is 1. The second-order valence-electron chi connectivity index (χ2n) is 5.88. The summed E-state index contributed by atoms with van der Waals surface area (Å²) in [5.74, 6) is 0.970. The van der Waals surface area contributed by atoms with Crippen LogP contribution in [-0.4, -0.2) is 46.2 Å². The van der Waals surface area contributed by atoms with Crippen molar-refractivity contribution < 1.29 is 14.3 Å². The minimum atomic E-state index is -0.983. The predicted molar refractivity (Wildman–Crippen MR) is 84.2 cm³/mol. The van der Waals surface area contributed by atoms with Crippen LogP contribution in [0.25, 0.3) is 0 Å². The molecule has 1 unspecified atom stereocenters. The molecule has 3 rings (SSSR count). The Morgan fingerprint density at radius 1 is 1.48 bits per heavy atom. The molecule has 1 saturated heterocycles. The molecule has 0 saturated carbocycles. The first-order valence-electron chi connectivity index (χ1n) is 7.64. The van der Waals surface area contributed by atoms with Gasteiger partial charge in [-0.2, -0.15) is 0 Å². The minimum Gasteiger partial charge on any atom is -0.448 e. The lowest BCUT2D eigenvalue weighted by Crippen LogP contribution is -2.54. The molecule has 2 N–H and O–H groups in total. The minimum absolute atomic E-state index is 0.168. The number of pyridine rings is 1. The first-order valence-corrected chi connectivity index (χ1v) is 7.64. The highest BCUT2D eigenvalue weighted by Crippen LogP contribution is 2.24. The molecule has 122 valence electrons. The Morgan fingerprint density at radius 2 is 2.35 bits per heavy atom. The molecule has 2 aromatic rings. The lowest BCUT2D eigenvalue weighted by Gasteiger charge is -2.39. The molecule has 1 atom stereocenters. The summed E-state index contributed by atoms with van der Waals surface area (Å²) < 4.78 is 5.03. The van der Waals surface area contributed by atoms with Crippen LogP contribution in [0.5, 0.6) is 0 Å². The van der Waals surface area contributed by atoms with Crippen LogP contribution in [0.2, 0.25) is 0 Å². The van der Waals surface area contributed by atoms with Gasteiger partial charge >= 0.3 is 0 Å². The van der Waals surface area contributed by atoms with Crippen molar-refractivity contribution in [3.05, 3.63) is 42.2 Å². The molecule has 0 radical (unpaired) electrons. The van der Waals surface area contributed by atoms with E-state index in [1.165, 1.54) is 6.39 Å². The molecule has 1 aliphatic heterocycles. The van der Waals surface area contributed by atoms with E-state index in [0.29, 0.717) is 18.7 Å². The maximum absolute atomic E-state index is 12.1. The number of carbonyl (C=O) groups excluding carboxylic acids is 1. The molecular formula is C16H20N4O3. The van der Waals surface area contributed by atoms with Gasteiger partial charge in [0.05, 0.1) is 5.60 Å². The van der Waals surface area contributed by atoms with Gasteiger partial charge in [-0.1, -0.05) is 6.07 Å². The van der Waals surface area contributed by atoms with Crippen LogP contribution in [0.4, 0.5) is 5.82 Å². The van der Waals surface area contributed by atoms with E-state index < -0.39 is 5.60 Å². The number of anilines is 1. The number of nitrogens with one attached hydrogen (secondary N) is 1. The zero-order valence-electron chi connectivity index (χ0n) is 13.0. The number of piperidine rings is 1. The zero-order chi connectivity index (χ0) is 16.3. The summed E-state index contributed by atoms with van der Waals surface area (Å²) in [6.45, 7) is 3.12. The van der Waals surface area contributed by atoms with Crippen molar-refractivity contribution in [3.63, 3.8) is 0 Å². The van der Waals surface area contributed by atoms with Crippen LogP contribution >= 0.6 is 0 Å². The molecule has 7 heteroatoms. The predicted octanol–water partition coefficient (Wildman–Crippen LogP) is 1.14. The number of aryl methyl sites for hydroxylation is 1. The molecule has 1 aliphatic rings. The molecule has 0 bridgehead atoms. The highest BCUT2D eigenvalue weighted by Gasteiger charge is 2.34. The Balaban J connectivity index is 1.62. The summed E-state index contributed by atoms with van der Waals surface area (Å²) in [4.78, 5) is 22.3. The molecule has 2 aromatic heterocycles. The number of rotatable bonds is 4. The standard InChI is InChI=1S/C16H20N4O3/c1-12-14(19-11-23-12)15(21)18-9-16(22)6-4-8-20(10-16)13-5-2-3-7-17-13/h2-3,5,7,11,22H,4,6,8-10H2,1H3,(H,18,21). The monoisotopic (exact) mass is 316 g/mol. The van der Waals surface area contributed by atoms with Gasteiger partial charge in [0.15, 0.2) is 12.1 Å². The van der Waals surface area contributed by atoms with Gasteiger partial charge in [-0.15, -0.1) is 0 Å². The van der Waals surface area contributed by atoms with E-state index in [1.807, 2.05) is 23.1 Å². The Kier molecular flexibility index (Phi) is 4.29. The van der Waals surface area contributed by atoms with Crippen molar-refractivity contribution in [1.82, 2.24) is 15.3 Å². The fraction of sp³-hybridized carbons (Fsp3) is 0.438. The second kappa shape index (κ2) is 6.37. The molecule has 23 heavy (non-hydrogen) atoms. The Bertz CT molecular complexity index is 673. The molecule has 1 amide bonds. The van der Waals surface area contributed by atoms with Crippen LogP contribution in [0.1, 0.15) is 29.1 Å². The summed E-state index contributed by atoms with van der Waals surface area (Å²) >= 11 is 0. The third kappa shape index (κ3) is 3.50. The van der Waals surface area contributed by atoms with Gasteiger partial charge in [0.2, 0.25) is 0 Å². The summed E-state index contributed by atoms with van der Waals surface area (Å²) in [6.07, 6.45) is 4.45. The number of hydrogen-bond donors (Lipinski definition) is 2. The first-order chi connectivity index (χ1) is 11.1. The highest BCUT2D eigenvalue weighted by molar-refractivity contribution is 5.93. The topological polar surface area (TPSA) is 91.5 Å². The third-order valence-corrected chi connectivity index (χ3v) is 4.07. The van der Waals surface area contributed by atoms with Crippen LogP contribution in [-0.2, 0) is 0 Å². The Labute approximate surface area is 134 Å². The van der Waals surface area contributed by atoms with E-state index in [9.17, 15) is 9.90 Å². The van der Waals surface area contributed by atoms with E-state index in [0.717, 1.165) is 18.8 Å². The van der Waals surface area contributed by atoms with E-state index in [-0.39, 0.29) is 18.1 Å². The average Bonchev–Trinajstić information content (AvgIpc) is 3.00. The van der Waals surface area contributed by atoms with Crippen LogP contribution in [0.15, 0.2) is 35.2 Å². The van der Waals surface area contributed by atoms with Gasteiger partial charge in [0, 0.05) is 25.8 Å². The fourth-order valence-corrected chi connectivity index (χ4v) is 2.84. The molecule has 0 aromatic carbocycles. The fourth-order valence-electron chi connectivity index (χ4n) is 2.84. The second-order valence-corrected chi connectivity index (χ2v) is 5.88. The lowest BCUT2D eigenvalue weighted by molar-refractivity contribution is 0.0253. The van der Waals surface area contributed by atoms with Crippen molar-refractivity contribution in [2.24, 2.45) is 0 Å². The largest absolute Gasteiger partial charge is 0.448 e. The normalized spacial score (nSPS) is 21.2. The molecular weight excluding hydrogens is 296 g/mol. The summed E-state index contributed by atoms with van der Waals surface area (Å²) in [5.41, 5.74) is -0.728. The van der Waals surface area contributed by atoms with E-state index in [4.69, 9.17) is 4.42 Å². The molecule has 1 fully saturated rings. The average molecular weight is 316 g/mol. The quantitative estimate of drug-likeness (QED) is 0.879. The number of aliphatic hydroxyl groups is 1. The zero-order valence-corrected chi connectivity index (χ0v) is 13.0. The Hall–Kier alpha value is -2.41. The first kappa shape index (κ1) is 15.5. The molecule has 0 aliphatic carbocycles. The van der Waals surface area contributed by atoms with Crippen molar-refractivity contribution >= 4 is 11.7 Å². The molecule has 3 heterocycles. The summed E-state index contributed by atoms with van der Waals surface area (Å²) in [6, 6.07) is 5.70. The summed E-state index contributed by atoms with van der Waals surface area (Å²) in [7, 11) is 0. The smallest absolute Gasteiger partial charge is 0.273 e.